The molecule has 1 aromatic rings. The molecule has 0 unspecified atom stereocenters. The van der Waals surface area contributed by atoms with Gasteiger partial charge in [0.25, 0.3) is 5.56 Å². The summed E-state index contributed by atoms with van der Waals surface area (Å²) in [5.74, 6) is 0. The van der Waals surface area contributed by atoms with Crippen LogP contribution in [0.5, 0.6) is 0 Å². The minimum atomic E-state index is -0.311. The highest BCUT2D eigenvalue weighted by molar-refractivity contribution is 5.01. The van der Waals surface area contributed by atoms with Crippen molar-refractivity contribution in [3.63, 3.8) is 0 Å². The normalized spacial score (nSPS) is 11.8. The largest absolute Gasteiger partial charge is 0.396 e. The van der Waals surface area contributed by atoms with Crippen LogP contribution in [0.1, 0.15) is 32.4 Å². The summed E-state index contributed by atoms with van der Waals surface area (Å²) in [5, 5.41) is 12.1. The summed E-state index contributed by atoms with van der Waals surface area (Å²) < 4.78 is 2.57. The van der Waals surface area contributed by atoms with E-state index in [0.717, 1.165) is 24.0 Å². The lowest BCUT2D eigenvalue weighted by atomic mass is 9.88. The standard InChI is InChI=1S/C14H25N3O3/c1-14(2,6-5-7-18)10-15-9-11-8-12(19)17(4)13(20)16(11)3/h8,15,18H,5-7,9-10H2,1-4H3. The molecule has 0 bridgehead atoms. The van der Waals surface area contributed by atoms with Gasteiger partial charge in [0.2, 0.25) is 0 Å². The van der Waals surface area contributed by atoms with Crippen LogP contribution in [0, 0.1) is 5.41 Å². The molecule has 0 atom stereocenters. The molecule has 0 saturated carbocycles. The third-order valence-electron chi connectivity index (χ3n) is 3.55. The van der Waals surface area contributed by atoms with Crippen molar-refractivity contribution >= 4 is 0 Å². The quantitative estimate of drug-likeness (QED) is 0.737. The fourth-order valence-electron chi connectivity index (χ4n) is 2.12. The van der Waals surface area contributed by atoms with Gasteiger partial charge < -0.3 is 10.4 Å². The number of hydrogen-bond acceptors (Lipinski definition) is 4. The van der Waals surface area contributed by atoms with Crippen molar-refractivity contribution in [1.29, 1.82) is 0 Å². The van der Waals surface area contributed by atoms with Gasteiger partial charge in [-0.3, -0.25) is 13.9 Å². The maximum absolute atomic E-state index is 11.8. The molecule has 6 nitrogen and oxygen atoms in total. The minimum Gasteiger partial charge on any atom is -0.396 e. The monoisotopic (exact) mass is 283 g/mol. The number of nitrogens with zero attached hydrogens (tertiary/aromatic N) is 2. The SMILES string of the molecule is Cn1c(CNCC(C)(C)CCCO)cc(=O)n(C)c1=O. The molecule has 0 aliphatic carbocycles. The minimum absolute atomic E-state index is 0.0708. The zero-order valence-corrected chi connectivity index (χ0v) is 12.8. The van der Waals surface area contributed by atoms with E-state index in [9.17, 15) is 9.59 Å². The first kappa shape index (κ1) is 16.7. The third-order valence-corrected chi connectivity index (χ3v) is 3.55. The highest BCUT2D eigenvalue weighted by atomic mass is 16.3. The van der Waals surface area contributed by atoms with Crippen molar-refractivity contribution in [3.8, 4) is 0 Å². The van der Waals surface area contributed by atoms with Gasteiger partial charge in [0.05, 0.1) is 0 Å². The zero-order chi connectivity index (χ0) is 15.3. The number of aliphatic hydroxyl groups is 1. The van der Waals surface area contributed by atoms with E-state index in [2.05, 4.69) is 19.2 Å². The van der Waals surface area contributed by atoms with Crippen LogP contribution in [0.3, 0.4) is 0 Å². The Kier molecular flexibility index (Phi) is 5.71. The Bertz CT molecular complexity index is 558. The summed E-state index contributed by atoms with van der Waals surface area (Å²) in [5.41, 5.74) is 0.149. The van der Waals surface area contributed by atoms with E-state index in [1.807, 2.05) is 0 Å². The average molecular weight is 283 g/mol. The van der Waals surface area contributed by atoms with Gasteiger partial charge in [-0.05, 0) is 18.3 Å². The number of rotatable bonds is 7. The van der Waals surface area contributed by atoms with Gasteiger partial charge in [-0.15, -0.1) is 0 Å². The van der Waals surface area contributed by atoms with E-state index < -0.39 is 0 Å². The molecule has 1 rings (SSSR count). The van der Waals surface area contributed by atoms with E-state index in [1.54, 1.807) is 7.05 Å². The molecule has 0 saturated heterocycles. The van der Waals surface area contributed by atoms with Gasteiger partial charge in [-0.2, -0.15) is 0 Å². The van der Waals surface area contributed by atoms with Crippen molar-refractivity contribution in [1.82, 2.24) is 14.5 Å². The first-order valence-corrected chi connectivity index (χ1v) is 6.86. The van der Waals surface area contributed by atoms with E-state index in [-0.39, 0.29) is 23.3 Å². The molecule has 1 aromatic heterocycles. The molecule has 0 aliphatic heterocycles. The first-order chi connectivity index (χ1) is 9.28. The Labute approximate surface area is 119 Å². The highest BCUT2D eigenvalue weighted by Crippen LogP contribution is 2.20. The van der Waals surface area contributed by atoms with Gasteiger partial charge in [-0.1, -0.05) is 13.8 Å². The number of aliphatic hydroxyl groups excluding tert-OH is 1. The van der Waals surface area contributed by atoms with Crippen molar-refractivity contribution < 1.29 is 5.11 Å². The number of aromatic nitrogens is 2. The lowest BCUT2D eigenvalue weighted by Crippen LogP contribution is -2.39. The van der Waals surface area contributed by atoms with Crippen molar-refractivity contribution in [2.75, 3.05) is 13.2 Å². The third kappa shape index (κ3) is 4.31. The first-order valence-electron chi connectivity index (χ1n) is 6.86. The second-order valence-electron chi connectivity index (χ2n) is 5.97. The highest BCUT2D eigenvalue weighted by Gasteiger charge is 2.17. The molecule has 20 heavy (non-hydrogen) atoms. The molecule has 0 amide bonds. The Balaban J connectivity index is 2.68. The van der Waals surface area contributed by atoms with Gasteiger partial charge in [-0.25, -0.2) is 4.79 Å². The molecular weight excluding hydrogens is 258 g/mol. The van der Waals surface area contributed by atoms with Crippen molar-refractivity contribution in [2.24, 2.45) is 19.5 Å². The van der Waals surface area contributed by atoms with Crippen LogP contribution in [0.2, 0.25) is 0 Å². The second kappa shape index (κ2) is 6.85. The van der Waals surface area contributed by atoms with Crippen molar-refractivity contribution in [3.05, 3.63) is 32.6 Å². The molecule has 2 N–H and O–H groups in total. The average Bonchev–Trinajstić information content (AvgIpc) is 2.39. The maximum atomic E-state index is 11.8. The lowest BCUT2D eigenvalue weighted by Gasteiger charge is -2.25. The number of hydrogen-bond donors (Lipinski definition) is 2. The lowest BCUT2D eigenvalue weighted by molar-refractivity contribution is 0.236. The topological polar surface area (TPSA) is 76.3 Å². The van der Waals surface area contributed by atoms with Crippen LogP contribution < -0.4 is 16.6 Å². The molecular formula is C14H25N3O3. The Morgan fingerprint density at radius 1 is 1.25 bits per heavy atom. The Hall–Kier alpha value is -1.40. The predicted octanol–water partition coefficient (Wildman–Crippen LogP) is -0.0277. The summed E-state index contributed by atoms with van der Waals surface area (Å²) in [6.07, 6.45) is 1.70. The van der Waals surface area contributed by atoms with Crippen LogP contribution in [-0.4, -0.2) is 27.4 Å². The molecule has 114 valence electrons. The molecule has 0 aromatic carbocycles. The van der Waals surface area contributed by atoms with Crippen LogP contribution in [0.4, 0.5) is 0 Å². The summed E-state index contributed by atoms with van der Waals surface area (Å²) in [4.78, 5) is 23.4. The predicted molar refractivity (Wildman–Crippen MR) is 78.7 cm³/mol. The zero-order valence-electron chi connectivity index (χ0n) is 12.8. The summed E-state index contributed by atoms with van der Waals surface area (Å²) >= 11 is 0. The fourth-order valence-corrected chi connectivity index (χ4v) is 2.12. The van der Waals surface area contributed by atoms with Crippen molar-refractivity contribution in [2.45, 2.75) is 33.2 Å². The Morgan fingerprint density at radius 2 is 1.90 bits per heavy atom. The molecule has 0 fully saturated rings. The summed E-state index contributed by atoms with van der Waals surface area (Å²) in [7, 11) is 3.13. The smallest absolute Gasteiger partial charge is 0.330 e. The van der Waals surface area contributed by atoms with E-state index >= 15 is 0 Å². The Morgan fingerprint density at radius 3 is 2.50 bits per heavy atom. The molecule has 0 spiro atoms. The van der Waals surface area contributed by atoms with Crippen LogP contribution >= 0.6 is 0 Å². The second-order valence-corrected chi connectivity index (χ2v) is 5.97. The molecule has 0 aliphatic rings. The maximum Gasteiger partial charge on any atom is 0.330 e. The fraction of sp³-hybridized carbons (Fsp3) is 0.714. The van der Waals surface area contributed by atoms with Crippen LogP contribution in [-0.2, 0) is 20.6 Å². The van der Waals surface area contributed by atoms with Gasteiger partial charge in [0.15, 0.2) is 0 Å². The number of nitrogens with one attached hydrogen (secondary N) is 1. The van der Waals surface area contributed by atoms with Crippen LogP contribution in [0.15, 0.2) is 15.7 Å². The molecule has 6 heteroatoms. The van der Waals surface area contributed by atoms with E-state index in [1.165, 1.54) is 17.7 Å². The van der Waals surface area contributed by atoms with Crippen LogP contribution in [0.25, 0.3) is 0 Å². The summed E-state index contributed by atoms with van der Waals surface area (Å²) in [6.45, 7) is 5.69. The molecule has 1 heterocycles. The summed E-state index contributed by atoms with van der Waals surface area (Å²) in [6, 6.07) is 1.48. The van der Waals surface area contributed by atoms with E-state index in [4.69, 9.17) is 5.11 Å². The molecule has 0 radical (unpaired) electrons. The van der Waals surface area contributed by atoms with Gasteiger partial charge in [0.1, 0.15) is 0 Å². The van der Waals surface area contributed by atoms with Gasteiger partial charge >= 0.3 is 5.69 Å². The van der Waals surface area contributed by atoms with E-state index in [0.29, 0.717) is 12.2 Å². The van der Waals surface area contributed by atoms with Gasteiger partial charge in [0, 0.05) is 45.6 Å².